The second kappa shape index (κ2) is 6.51. The smallest absolute Gasteiger partial charge is 0.354 e. The van der Waals surface area contributed by atoms with Crippen LogP contribution in [0.4, 0.5) is 11.5 Å². The van der Waals surface area contributed by atoms with Crippen LogP contribution in [0.3, 0.4) is 0 Å². The van der Waals surface area contributed by atoms with Gasteiger partial charge >= 0.3 is 11.7 Å². The minimum Gasteiger partial charge on any atom is -0.477 e. The molecule has 1 aliphatic rings. The van der Waals surface area contributed by atoms with Crippen molar-refractivity contribution in [1.82, 2.24) is 4.98 Å². The summed E-state index contributed by atoms with van der Waals surface area (Å²) in [5, 5.41) is 23.2. The van der Waals surface area contributed by atoms with E-state index in [4.69, 9.17) is 5.11 Å². The number of carboxylic acids is 1. The minimum atomic E-state index is -1.19. The van der Waals surface area contributed by atoms with Gasteiger partial charge in [0.2, 0.25) is 5.82 Å². The van der Waals surface area contributed by atoms with Crippen molar-refractivity contribution in [2.75, 3.05) is 5.32 Å². The summed E-state index contributed by atoms with van der Waals surface area (Å²) in [6, 6.07) is 2.44. The molecule has 1 saturated carbocycles. The average molecular weight is 293 g/mol. The van der Waals surface area contributed by atoms with Crippen molar-refractivity contribution in [1.29, 1.82) is 0 Å². The SMILES string of the molecule is CC1CCCCCC1Nc1nc(C(=O)O)ccc1[N+](=O)[O-]. The van der Waals surface area contributed by atoms with Crippen molar-refractivity contribution in [2.24, 2.45) is 5.92 Å². The van der Waals surface area contributed by atoms with Gasteiger partial charge in [-0.15, -0.1) is 0 Å². The first-order chi connectivity index (χ1) is 9.99. The molecule has 7 nitrogen and oxygen atoms in total. The highest BCUT2D eigenvalue weighted by molar-refractivity contribution is 5.86. The molecule has 2 N–H and O–H groups in total. The van der Waals surface area contributed by atoms with Crippen LogP contribution in [0.15, 0.2) is 12.1 Å². The number of aromatic carboxylic acids is 1. The second-order valence-corrected chi connectivity index (χ2v) is 5.49. The fourth-order valence-electron chi connectivity index (χ4n) is 2.71. The zero-order valence-electron chi connectivity index (χ0n) is 11.9. The summed E-state index contributed by atoms with van der Waals surface area (Å²) in [7, 11) is 0. The maximum atomic E-state index is 11.1. The summed E-state index contributed by atoms with van der Waals surface area (Å²) in [6.07, 6.45) is 5.35. The van der Waals surface area contributed by atoms with E-state index in [0.29, 0.717) is 5.92 Å². The number of hydrogen-bond donors (Lipinski definition) is 2. The maximum Gasteiger partial charge on any atom is 0.354 e. The van der Waals surface area contributed by atoms with E-state index in [1.54, 1.807) is 0 Å². The monoisotopic (exact) mass is 293 g/mol. The van der Waals surface area contributed by atoms with Gasteiger partial charge in [-0.05, 0) is 24.8 Å². The minimum absolute atomic E-state index is 0.0543. The Balaban J connectivity index is 2.29. The van der Waals surface area contributed by atoms with Gasteiger partial charge in [-0.25, -0.2) is 9.78 Å². The third-order valence-corrected chi connectivity index (χ3v) is 3.97. The Morgan fingerprint density at radius 2 is 2.10 bits per heavy atom. The highest BCUT2D eigenvalue weighted by atomic mass is 16.6. The summed E-state index contributed by atoms with van der Waals surface area (Å²) in [4.78, 5) is 25.4. The van der Waals surface area contributed by atoms with E-state index in [2.05, 4.69) is 17.2 Å². The van der Waals surface area contributed by atoms with Gasteiger partial charge in [-0.1, -0.05) is 26.2 Å². The third-order valence-electron chi connectivity index (χ3n) is 3.97. The van der Waals surface area contributed by atoms with Crippen molar-refractivity contribution < 1.29 is 14.8 Å². The molecule has 0 aliphatic heterocycles. The Morgan fingerprint density at radius 1 is 1.38 bits per heavy atom. The Kier molecular flexibility index (Phi) is 4.72. The van der Waals surface area contributed by atoms with E-state index in [-0.39, 0.29) is 23.2 Å². The fraction of sp³-hybridized carbons (Fsp3) is 0.571. The number of anilines is 1. The first-order valence-corrected chi connectivity index (χ1v) is 7.14. The lowest BCUT2D eigenvalue weighted by molar-refractivity contribution is -0.384. The van der Waals surface area contributed by atoms with Gasteiger partial charge in [0.1, 0.15) is 0 Å². The quantitative estimate of drug-likeness (QED) is 0.502. The predicted molar refractivity (Wildman–Crippen MR) is 77.5 cm³/mol. The zero-order valence-corrected chi connectivity index (χ0v) is 11.9. The average Bonchev–Trinajstić information content (AvgIpc) is 2.64. The van der Waals surface area contributed by atoms with Crippen molar-refractivity contribution in [2.45, 2.75) is 45.1 Å². The van der Waals surface area contributed by atoms with Crippen LogP contribution >= 0.6 is 0 Å². The van der Waals surface area contributed by atoms with Gasteiger partial charge in [-0.3, -0.25) is 10.1 Å². The number of carboxylic acid groups (broad SMARTS) is 1. The normalized spacial score (nSPS) is 22.3. The molecule has 1 fully saturated rings. The number of nitro groups is 1. The number of pyridine rings is 1. The van der Waals surface area contributed by atoms with Crippen molar-refractivity contribution in [3.8, 4) is 0 Å². The van der Waals surface area contributed by atoms with Crippen LogP contribution in [0.5, 0.6) is 0 Å². The van der Waals surface area contributed by atoms with Crippen LogP contribution in [-0.4, -0.2) is 27.0 Å². The molecule has 1 heterocycles. The van der Waals surface area contributed by atoms with E-state index in [0.717, 1.165) is 38.2 Å². The van der Waals surface area contributed by atoms with Crippen LogP contribution in [0, 0.1) is 16.0 Å². The number of nitrogens with one attached hydrogen (secondary N) is 1. The van der Waals surface area contributed by atoms with Gasteiger partial charge in [0.15, 0.2) is 5.69 Å². The molecule has 0 bridgehead atoms. The lowest BCUT2D eigenvalue weighted by atomic mass is 9.97. The molecular formula is C14H19N3O4. The lowest BCUT2D eigenvalue weighted by Crippen LogP contribution is -2.27. The summed E-state index contributed by atoms with van der Waals surface area (Å²) >= 11 is 0. The molecule has 1 aromatic rings. The number of aromatic nitrogens is 1. The van der Waals surface area contributed by atoms with E-state index < -0.39 is 10.9 Å². The third kappa shape index (κ3) is 3.68. The molecule has 7 heteroatoms. The Labute approximate surface area is 122 Å². The molecule has 0 radical (unpaired) electrons. The second-order valence-electron chi connectivity index (χ2n) is 5.49. The Bertz CT molecular complexity index is 547. The number of hydrogen-bond acceptors (Lipinski definition) is 5. The summed E-state index contributed by atoms with van der Waals surface area (Å²) in [6.45, 7) is 2.11. The standard InChI is InChI=1S/C14H19N3O4/c1-9-5-3-2-4-6-10(9)15-13-12(17(20)21)8-7-11(16-13)14(18)19/h7-10H,2-6H2,1H3,(H,15,16)(H,18,19). The number of carbonyl (C=O) groups is 1. The van der Waals surface area contributed by atoms with Crippen LogP contribution in [-0.2, 0) is 0 Å². The molecule has 0 aromatic carbocycles. The molecule has 0 spiro atoms. The summed E-state index contributed by atoms with van der Waals surface area (Å²) in [5.41, 5.74) is -0.374. The highest BCUT2D eigenvalue weighted by Gasteiger charge is 2.25. The largest absolute Gasteiger partial charge is 0.477 e. The van der Waals surface area contributed by atoms with Crippen LogP contribution < -0.4 is 5.32 Å². The number of nitrogens with zero attached hydrogens (tertiary/aromatic N) is 2. The summed E-state index contributed by atoms with van der Waals surface area (Å²) in [5.74, 6) is -0.761. The highest BCUT2D eigenvalue weighted by Crippen LogP contribution is 2.29. The molecule has 21 heavy (non-hydrogen) atoms. The summed E-state index contributed by atoms with van der Waals surface area (Å²) < 4.78 is 0. The molecule has 0 amide bonds. The van der Waals surface area contributed by atoms with Gasteiger partial charge in [0.25, 0.3) is 0 Å². The fourth-order valence-corrected chi connectivity index (χ4v) is 2.71. The zero-order chi connectivity index (χ0) is 15.4. The molecule has 1 aliphatic carbocycles. The molecule has 2 unspecified atom stereocenters. The molecule has 0 saturated heterocycles. The first kappa shape index (κ1) is 15.2. The van der Waals surface area contributed by atoms with E-state index in [1.165, 1.54) is 6.07 Å². The number of rotatable bonds is 4. The molecule has 1 aromatic heterocycles. The van der Waals surface area contributed by atoms with Gasteiger partial charge in [-0.2, -0.15) is 0 Å². The van der Waals surface area contributed by atoms with E-state index >= 15 is 0 Å². The van der Waals surface area contributed by atoms with E-state index in [1.807, 2.05) is 0 Å². The van der Waals surface area contributed by atoms with Crippen molar-refractivity contribution >= 4 is 17.5 Å². The van der Waals surface area contributed by atoms with Gasteiger partial charge in [0, 0.05) is 12.1 Å². The first-order valence-electron chi connectivity index (χ1n) is 7.14. The van der Waals surface area contributed by atoms with Crippen molar-refractivity contribution in [3.63, 3.8) is 0 Å². The Morgan fingerprint density at radius 3 is 2.76 bits per heavy atom. The topological polar surface area (TPSA) is 105 Å². The van der Waals surface area contributed by atoms with Crippen LogP contribution in [0.2, 0.25) is 0 Å². The van der Waals surface area contributed by atoms with E-state index in [9.17, 15) is 14.9 Å². The van der Waals surface area contributed by atoms with Crippen LogP contribution in [0.25, 0.3) is 0 Å². The van der Waals surface area contributed by atoms with Crippen LogP contribution in [0.1, 0.15) is 49.5 Å². The van der Waals surface area contributed by atoms with Gasteiger partial charge in [0.05, 0.1) is 4.92 Å². The van der Waals surface area contributed by atoms with Crippen molar-refractivity contribution in [3.05, 3.63) is 27.9 Å². The molecular weight excluding hydrogens is 274 g/mol. The molecule has 2 atom stereocenters. The molecule has 2 rings (SSSR count). The maximum absolute atomic E-state index is 11.1. The lowest BCUT2D eigenvalue weighted by Gasteiger charge is -2.23. The predicted octanol–water partition coefficient (Wildman–Crippen LogP) is 3.07. The van der Waals surface area contributed by atoms with Gasteiger partial charge < -0.3 is 10.4 Å². The molecule has 114 valence electrons. The Hall–Kier alpha value is -2.18.